The number of benzene rings is 2. The lowest BCUT2D eigenvalue weighted by Crippen LogP contribution is -2.14. The van der Waals surface area contributed by atoms with E-state index in [1.165, 1.54) is 12.1 Å². The molecule has 3 aromatic rings. The van der Waals surface area contributed by atoms with Gasteiger partial charge in [-0.05, 0) is 24.6 Å². The summed E-state index contributed by atoms with van der Waals surface area (Å²) < 4.78 is 31.8. The fraction of sp³-hybridized carbons (Fsp3) is 0.0667. The molecule has 0 aliphatic heterocycles. The van der Waals surface area contributed by atoms with Crippen molar-refractivity contribution < 1.29 is 8.42 Å². The van der Waals surface area contributed by atoms with E-state index in [9.17, 15) is 8.42 Å². The highest BCUT2D eigenvalue weighted by Gasteiger charge is 2.23. The number of aromatic nitrogens is 2. The molecule has 0 aliphatic rings. The fourth-order valence-corrected chi connectivity index (χ4v) is 5.17. The van der Waals surface area contributed by atoms with Crippen LogP contribution in [0, 0.1) is 6.92 Å². The van der Waals surface area contributed by atoms with Gasteiger partial charge in [-0.1, -0.05) is 53.5 Å². The summed E-state index contributed by atoms with van der Waals surface area (Å²) >= 11 is 12.9. The van der Waals surface area contributed by atoms with Crippen LogP contribution >= 0.6 is 34.7 Å². The van der Waals surface area contributed by atoms with Crippen molar-refractivity contribution in [3.8, 4) is 11.4 Å². The number of nitrogens with one attached hydrogen (secondary N) is 1. The zero-order chi connectivity index (χ0) is 17.3. The Hall–Kier alpha value is -1.67. The summed E-state index contributed by atoms with van der Waals surface area (Å²) in [6.07, 6.45) is 0. The van der Waals surface area contributed by atoms with Crippen molar-refractivity contribution in [2.75, 3.05) is 4.72 Å². The van der Waals surface area contributed by atoms with E-state index >= 15 is 0 Å². The van der Waals surface area contributed by atoms with Crippen LogP contribution in [0.25, 0.3) is 11.4 Å². The number of aryl methyl sites for hydroxylation is 1. The molecule has 3 rings (SSSR count). The Morgan fingerprint density at radius 2 is 1.83 bits per heavy atom. The van der Waals surface area contributed by atoms with Gasteiger partial charge in [0.15, 0.2) is 5.82 Å². The minimum absolute atomic E-state index is 0.0231. The van der Waals surface area contributed by atoms with Crippen LogP contribution < -0.4 is 4.72 Å². The lowest BCUT2D eigenvalue weighted by molar-refractivity contribution is 0.600. The Kier molecular flexibility index (Phi) is 4.78. The van der Waals surface area contributed by atoms with E-state index in [0.29, 0.717) is 16.4 Å². The standard InChI is InChI=1S/C15H11Cl2N3O2S2/c1-9-7-11(16)8-12(17)13(9)24(21,22)20-15-18-14(19-23-15)10-5-3-2-4-6-10/h2-8H,1H3,(H,18,19,20). The van der Waals surface area contributed by atoms with E-state index in [1.54, 1.807) is 6.92 Å². The number of hydrogen-bond acceptors (Lipinski definition) is 5. The van der Waals surface area contributed by atoms with Crippen molar-refractivity contribution >= 4 is 49.9 Å². The molecule has 1 heterocycles. The minimum Gasteiger partial charge on any atom is -0.253 e. The third-order valence-corrected chi connectivity index (χ3v) is 6.07. The quantitative estimate of drug-likeness (QED) is 0.694. The van der Waals surface area contributed by atoms with Gasteiger partial charge in [-0.15, -0.1) is 0 Å². The maximum atomic E-state index is 12.6. The maximum Gasteiger partial charge on any atom is 0.265 e. The summed E-state index contributed by atoms with van der Waals surface area (Å²) in [4.78, 5) is 4.19. The number of anilines is 1. The van der Waals surface area contributed by atoms with Gasteiger partial charge < -0.3 is 0 Å². The Labute approximate surface area is 153 Å². The van der Waals surface area contributed by atoms with E-state index in [-0.39, 0.29) is 15.0 Å². The smallest absolute Gasteiger partial charge is 0.253 e. The first kappa shape index (κ1) is 17.2. The first-order chi connectivity index (χ1) is 11.4. The highest BCUT2D eigenvalue weighted by Crippen LogP contribution is 2.31. The van der Waals surface area contributed by atoms with Crippen LogP contribution in [-0.2, 0) is 10.0 Å². The normalized spacial score (nSPS) is 11.5. The third kappa shape index (κ3) is 3.54. The second kappa shape index (κ2) is 6.68. The summed E-state index contributed by atoms with van der Waals surface area (Å²) in [6.45, 7) is 1.63. The molecule has 0 saturated carbocycles. The van der Waals surface area contributed by atoms with Gasteiger partial charge in [-0.2, -0.15) is 9.36 Å². The molecule has 124 valence electrons. The summed E-state index contributed by atoms with van der Waals surface area (Å²) in [5, 5.41) is 0.596. The van der Waals surface area contributed by atoms with Gasteiger partial charge in [-0.25, -0.2) is 8.42 Å². The highest BCUT2D eigenvalue weighted by molar-refractivity contribution is 7.93. The predicted octanol–water partition coefficient (Wildman–Crippen LogP) is 4.62. The maximum absolute atomic E-state index is 12.6. The van der Waals surface area contributed by atoms with Gasteiger partial charge in [0.2, 0.25) is 5.13 Å². The Bertz CT molecular complexity index is 966. The van der Waals surface area contributed by atoms with Crippen LogP contribution in [0.1, 0.15) is 5.56 Å². The number of nitrogens with zero attached hydrogens (tertiary/aromatic N) is 2. The molecule has 1 N–H and O–H groups in total. The monoisotopic (exact) mass is 399 g/mol. The van der Waals surface area contributed by atoms with Gasteiger partial charge in [0.05, 0.1) is 5.02 Å². The first-order valence-electron chi connectivity index (χ1n) is 6.74. The van der Waals surface area contributed by atoms with E-state index in [0.717, 1.165) is 17.1 Å². The van der Waals surface area contributed by atoms with Crippen LogP contribution in [0.5, 0.6) is 0 Å². The molecule has 5 nitrogen and oxygen atoms in total. The lowest BCUT2D eigenvalue weighted by atomic mass is 10.2. The summed E-state index contributed by atoms with van der Waals surface area (Å²) in [5.74, 6) is 0.456. The van der Waals surface area contributed by atoms with Gasteiger partial charge in [0.25, 0.3) is 10.0 Å². The molecule has 1 aromatic heterocycles. The van der Waals surface area contributed by atoms with Crippen molar-refractivity contribution in [2.24, 2.45) is 0 Å². The van der Waals surface area contributed by atoms with Crippen molar-refractivity contribution in [3.05, 3.63) is 58.1 Å². The Balaban J connectivity index is 1.93. The van der Waals surface area contributed by atoms with E-state index in [1.807, 2.05) is 30.3 Å². The van der Waals surface area contributed by atoms with E-state index < -0.39 is 10.0 Å². The van der Waals surface area contributed by atoms with Crippen LogP contribution in [0.3, 0.4) is 0 Å². The lowest BCUT2D eigenvalue weighted by Gasteiger charge is -2.10. The van der Waals surface area contributed by atoms with Gasteiger partial charge in [0.1, 0.15) is 4.90 Å². The van der Waals surface area contributed by atoms with Gasteiger partial charge in [0, 0.05) is 22.1 Å². The average molecular weight is 400 g/mol. The first-order valence-corrected chi connectivity index (χ1v) is 9.75. The topological polar surface area (TPSA) is 72.0 Å². The molecule has 24 heavy (non-hydrogen) atoms. The second-order valence-electron chi connectivity index (χ2n) is 4.93. The fourth-order valence-electron chi connectivity index (χ4n) is 2.16. The summed E-state index contributed by atoms with van der Waals surface area (Å²) in [7, 11) is -3.89. The molecule has 0 radical (unpaired) electrons. The molecular formula is C15H11Cl2N3O2S2. The van der Waals surface area contributed by atoms with Crippen LogP contribution in [0.4, 0.5) is 5.13 Å². The Morgan fingerprint density at radius 3 is 2.50 bits per heavy atom. The van der Waals surface area contributed by atoms with Crippen molar-refractivity contribution in [2.45, 2.75) is 11.8 Å². The van der Waals surface area contributed by atoms with Gasteiger partial charge in [-0.3, -0.25) is 4.72 Å². The zero-order valence-corrected chi connectivity index (χ0v) is 15.5. The number of sulfonamides is 1. The zero-order valence-electron chi connectivity index (χ0n) is 12.3. The minimum atomic E-state index is -3.89. The molecule has 0 fully saturated rings. The molecule has 9 heteroatoms. The van der Waals surface area contributed by atoms with Gasteiger partial charge >= 0.3 is 0 Å². The molecule has 0 bridgehead atoms. The molecule has 2 aromatic carbocycles. The molecular weight excluding hydrogens is 389 g/mol. The van der Waals surface area contributed by atoms with Crippen LogP contribution in [-0.4, -0.2) is 17.8 Å². The second-order valence-corrected chi connectivity index (χ2v) is 8.14. The van der Waals surface area contributed by atoms with E-state index in [2.05, 4.69) is 14.1 Å². The summed E-state index contributed by atoms with van der Waals surface area (Å²) in [6, 6.07) is 12.2. The van der Waals surface area contributed by atoms with E-state index in [4.69, 9.17) is 23.2 Å². The number of rotatable bonds is 4. The third-order valence-electron chi connectivity index (χ3n) is 3.14. The van der Waals surface area contributed by atoms with Crippen molar-refractivity contribution in [1.82, 2.24) is 9.36 Å². The highest BCUT2D eigenvalue weighted by atomic mass is 35.5. The molecule has 0 aliphatic carbocycles. The van der Waals surface area contributed by atoms with Crippen molar-refractivity contribution in [3.63, 3.8) is 0 Å². The number of hydrogen-bond donors (Lipinski definition) is 1. The molecule has 0 unspecified atom stereocenters. The molecule has 0 atom stereocenters. The predicted molar refractivity (Wildman–Crippen MR) is 97.4 cm³/mol. The Morgan fingerprint density at radius 1 is 1.12 bits per heavy atom. The summed E-state index contributed by atoms with van der Waals surface area (Å²) in [5.41, 5.74) is 1.26. The van der Waals surface area contributed by atoms with Crippen LogP contribution in [0.2, 0.25) is 10.0 Å². The molecule has 0 saturated heterocycles. The van der Waals surface area contributed by atoms with Crippen molar-refractivity contribution in [1.29, 1.82) is 0 Å². The number of halogens is 2. The SMILES string of the molecule is Cc1cc(Cl)cc(Cl)c1S(=O)(=O)Nc1nc(-c2ccccc2)ns1. The molecule has 0 amide bonds. The largest absolute Gasteiger partial charge is 0.265 e. The van der Waals surface area contributed by atoms with Crippen LogP contribution in [0.15, 0.2) is 47.4 Å². The average Bonchev–Trinajstić information content (AvgIpc) is 2.94. The molecule has 0 spiro atoms.